The Morgan fingerprint density at radius 1 is 0.780 bits per heavy atom. The quantitative estimate of drug-likeness (QED) is 0.0463. The molecular formula is C34H49BrN2O4. The second-order valence-corrected chi connectivity index (χ2v) is 11.4. The van der Waals surface area contributed by atoms with Crippen LogP contribution in [-0.4, -0.2) is 24.7 Å². The fourth-order valence-corrected chi connectivity index (χ4v) is 4.99. The van der Waals surface area contributed by atoms with Crippen molar-refractivity contribution in [1.29, 1.82) is 0 Å². The van der Waals surface area contributed by atoms with Crippen LogP contribution in [0.5, 0.6) is 11.5 Å². The maximum Gasteiger partial charge on any atom is 0.343 e. The lowest BCUT2D eigenvalue weighted by molar-refractivity contribution is -0.121. The highest BCUT2D eigenvalue weighted by molar-refractivity contribution is 9.10. The van der Waals surface area contributed by atoms with Crippen LogP contribution in [-0.2, 0) is 4.79 Å². The monoisotopic (exact) mass is 628 g/mol. The van der Waals surface area contributed by atoms with E-state index in [-0.39, 0.29) is 5.91 Å². The van der Waals surface area contributed by atoms with Crippen LogP contribution in [0, 0.1) is 0 Å². The largest absolute Gasteiger partial charge is 0.494 e. The molecule has 0 unspecified atom stereocenters. The highest BCUT2D eigenvalue weighted by atomic mass is 79.9. The number of hydrogen-bond acceptors (Lipinski definition) is 5. The van der Waals surface area contributed by atoms with Gasteiger partial charge >= 0.3 is 5.97 Å². The van der Waals surface area contributed by atoms with Crippen LogP contribution in [0.4, 0.5) is 0 Å². The first kappa shape index (κ1) is 34.5. The Morgan fingerprint density at radius 2 is 1.34 bits per heavy atom. The number of ether oxygens (including phenoxy) is 2. The molecule has 0 fully saturated rings. The SMILES string of the molecule is CCCCCCCCCCCCCCCCCC(=O)N/N=C\c1cc(Br)ccc1OC(=O)c1ccc(OCC)cc1. The van der Waals surface area contributed by atoms with Crippen molar-refractivity contribution in [1.82, 2.24) is 5.43 Å². The molecule has 0 atom stereocenters. The summed E-state index contributed by atoms with van der Waals surface area (Å²) in [6.45, 7) is 4.73. The maximum absolute atomic E-state index is 12.6. The Bertz CT molecular complexity index is 1040. The van der Waals surface area contributed by atoms with Crippen molar-refractivity contribution in [3.05, 3.63) is 58.1 Å². The van der Waals surface area contributed by atoms with Crippen molar-refractivity contribution in [2.75, 3.05) is 6.61 Å². The molecule has 0 spiro atoms. The van der Waals surface area contributed by atoms with E-state index >= 15 is 0 Å². The Morgan fingerprint density at radius 3 is 1.90 bits per heavy atom. The zero-order valence-electron chi connectivity index (χ0n) is 25.1. The van der Waals surface area contributed by atoms with Crippen molar-refractivity contribution in [3.63, 3.8) is 0 Å². The van der Waals surface area contributed by atoms with Crippen LogP contribution in [0.1, 0.15) is 133 Å². The molecule has 2 rings (SSSR count). The second kappa shape index (κ2) is 22.0. The van der Waals surface area contributed by atoms with E-state index < -0.39 is 5.97 Å². The van der Waals surface area contributed by atoms with E-state index in [0.717, 1.165) is 17.3 Å². The van der Waals surface area contributed by atoms with Crippen LogP contribution in [0.2, 0.25) is 0 Å². The van der Waals surface area contributed by atoms with Crippen molar-refractivity contribution in [2.45, 2.75) is 117 Å². The smallest absolute Gasteiger partial charge is 0.343 e. The highest BCUT2D eigenvalue weighted by Gasteiger charge is 2.12. The minimum atomic E-state index is -0.484. The molecule has 0 aliphatic rings. The van der Waals surface area contributed by atoms with Crippen LogP contribution in [0.25, 0.3) is 0 Å². The number of unbranched alkanes of at least 4 members (excludes halogenated alkanes) is 14. The predicted molar refractivity (Wildman–Crippen MR) is 172 cm³/mol. The topological polar surface area (TPSA) is 77.0 Å². The Hall–Kier alpha value is -2.67. The van der Waals surface area contributed by atoms with E-state index in [1.807, 2.05) is 6.92 Å². The molecule has 6 nitrogen and oxygen atoms in total. The number of nitrogens with one attached hydrogen (secondary N) is 1. The average Bonchev–Trinajstić information content (AvgIpc) is 2.97. The van der Waals surface area contributed by atoms with Crippen molar-refractivity contribution >= 4 is 34.0 Å². The van der Waals surface area contributed by atoms with E-state index in [1.54, 1.807) is 42.5 Å². The van der Waals surface area contributed by atoms with E-state index in [9.17, 15) is 9.59 Å². The first-order valence-electron chi connectivity index (χ1n) is 15.6. The third kappa shape index (κ3) is 15.8. The molecule has 0 aliphatic carbocycles. The molecule has 0 bridgehead atoms. The summed E-state index contributed by atoms with van der Waals surface area (Å²) in [7, 11) is 0. The predicted octanol–water partition coefficient (Wildman–Crippen LogP) is 9.78. The summed E-state index contributed by atoms with van der Waals surface area (Å²) < 4.78 is 11.8. The molecule has 0 saturated heterocycles. The maximum atomic E-state index is 12.6. The average molecular weight is 630 g/mol. The summed E-state index contributed by atoms with van der Waals surface area (Å²) in [5, 5.41) is 4.09. The van der Waals surface area contributed by atoms with Crippen LogP contribution in [0.15, 0.2) is 52.0 Å². The lowest BCUT2D eigenvalue weighted by Crippen LogP contribution is -2.17. The molecule has 1 amide bonds. The number of halogens is 1. The highest BCUT2D eigenvalue weighted by Crippen LogP contribution is 2.23. The number of carbonyl (C=O) groups is 2. The van der Waals surface area contributed by atoms with Gasteiger partial charge in [-0.2, -0.15) is 5.10 Å². The van der Waals surface area contributed by atoms with Gasteiger partial charge in [0, 0.05) is 16.5 Å². The van der Waals surface area contributed by atoms with Crippen LogP contribution in [0.3, 0.4) is 0 Å². The van der Waals surface area contributed by atoms with Gasteiger partial charge in [-0.1, -0.05) is 113 Å². The fraction of sp³-hybridized carbons (Fsp3) is 0.559. The third-order valence-corrected chi connectivity index (χ3v) is 7.47. The molecule has 1 N–H and O–H groups in total. The number of hydrogen-bond donors (Lipinski definition) is 1. The summed E-state index contributed by atoms with van der Waals surface area (Å²) >= 11 is 3.44. The van der Waals surface area contributed by atoms with Gasteiger partial charge in [-0.05, 0) is 55.8 Å². The Kier molecular flexibility index (Phi) is 18.5. The van der Waals surface area contributed by atoms with Crippen molar-refractivity contribution in [2.24, 2.45) is 5.10 Å². The van der Waals surface area contributed by atoms with E-state index in [0.29, 0.717) is 35.7 Å². The Labute approximate surface area is 255 Å². The van der Waals surface area contributed by atoms with Gasteiger partial charge in [0.2, 0.25) is 5.91 Å². The molecule has 226 valence electrons. The normalized spacial score (nSPS) is 11.1. The number of carbonyl (C=O) groups excluding carboxylic acids is 2. The summed E-state index contributed by atoms with van der Waals surface area (Å²) in [4.78, 5) is 24.9. The molecule has 41 heavy (non-hydrogen) atoms. The fourth-order valence-electron chi connectivity index (χ4n) is 4.61. The molecule has 0 aromatic heterocycles. The minimum Gasteiger partial charge on any atom is -0.494 e. The zero-order chi connectivity index (χ0) is 29.5. The van der Waals surface area contributed by atoms with Crippen LogP contribution < -0.4 is 14.9 Å². The molecule has 0 aliphatic heterocycles. The molecule has 0 radical (unpaired) electrons. The zero-order valence-corrected chi connectivity index (χ0v) is 26.7. The van der Waals surface area contributed by atoms with Gasteiger partial charge < -0.3 is 9.47 Å². The van der Waals surface area contributed by atoms with Gasteiger partial charge in [-0.3, -0.25) is 4.79 Å². The number of nitrogens with zero attached hydrogens (tertiary/aromatic N) is 1. The Balaban J connectivity index is 1.60. The minimum absolute atomic E-state index is 0.112. The van der Waals surface area contributed by atoms with Gasteiger partial charge in [-0.25, -0.2) is 10.2 Å². The summed E-state index contributed by atoms with van der Waals surface area (Å²) in [5.41, 5.74) is 3.58. The molecule has 0 saturated carbocycles. The first-order valence-corrected chi connectivity index (χ1v) is 16.4. The van der Waals surface area contributed by atoms with Crippen LogP contribution >= 0.6 is 15.9 Å². The van der Waals surface area contributed by atoms with Gasteiger partial charge in [0.1, 0.15) is 11.5 Å². The lowest BCUT2D eigenvalue weighted by atomic mass is 10.0. The molecule has 2 aromatic carbocycles. The molecule has 7 heteroatoms. The molecule has 2 aromatic rings. The lowest BCUT2D eigenvalue weighted by Gasteiger charge is -2.09. The van der Waals surface area contributed by atoms with Gasteiger partial charge in [0.15, 0.2) is 0 Å². The molecule has 0 heterocycles. The number of benzene rings is 2. The first-order chi connectivity index (χ1) is 20.0. The second-order valence-electron chi connectivity index (χ2n) is 10.5. The molecular weight excluding hydrogens is 580 g/mol. The van der Waals surface area contributed by atoms with Gasteiger partial charge in [0.25, 0.3) is 0 Å². The summed E-state index contributed by atoms with van der Waals surface area (Å²) in [5.74, 6) is 0.453. The number of rotatable bonds is 22. The van der Waals surface area contributed by atoms with Crippen molar-refractivity contribution in [3.8, 4) is 11.5 Å². The van der Waals surface area contributed by atoms with Crippen molar-refractivity contribution < 1.29 is 19.1 Å². The number of hydrazone groups is 1. The summed E-state index contributed by atoms with van der Waals surface area (Å²) in [6, 6.07) is 12.1. The number of esters is 1. The van der Waals surface area contributed by atoms with E-state index in [1.165, 1.54) is 89.7 Å². The number of amides is 1. The third-order valence-electron chi connectivity index (χ3n) is 6.98. The van der Waals surface area contributed by atoms with Gasteiger partial charge in [-0.15, -0.1) is 0 Å². The standard InChI is InChI=1S/C34H49BrN2O4/c1-3-5-6-7-8-9-10-11-12-13-14-15-16-17-18-19-33(38)37-36-27-29-26-30(35)22-25-32(29)41-34(39)28-20-23-31(24-21-28)40-4-2/h20-27H,3-19H2,1-2H3,(H,37,38)/b36-27-. The van der Waals surface area contributed by atoms with E-state index in [2.05, 4.69) is 33.4 Å². The van der Waals surface area contributed by atoms with Gasteiger partial charge in [0.05, 0.1) is 18.4 Å². The summed E-state index contributed by atoms with van der Waals surface area (Å²) in [6.07, 6.45) is 21.4. The van der Waals surface area contributed by atoms with E-state index in [4.69, 9.17) is 9.47 Å².